The predicted molar refractivity (Wildman–Crippen MR) is 148 cm³/mol. The minimum atomic E-state index is -1.67. The number of benzene rings is 1. The van der Waals surface area contributed by atoms with Gasteiger partial charge in [0.05, 0.1) is 25.6 Å². The molecule has 2 saturated heterocycles. The Labute approximate surface area is 261 Å². The number of hydrogen-bond acceptors (Lipinski definition) is 15. The Kier molecular flexibility index (Phi) is 9.32. The zero-order chi connectivity index (χ0) is 32.7. The van der Waals surface area contributed by atoms with E-state index in [9.17, 15) is 43.8 Å². The smallest absolute Gasteiger partial charge is 0.194 e. The second-order valence-electron chi connectivity index (χ2n) is 10.6. The van der Waals surface area contributed by atoms with Crippen LogP contribution < -0.4 is 0 Å². The summed E-state index contributed by atoms with van der Waals surface area (Å²) in [4.78, 5) is 7.85. The average molecular weight is 669 g/mol. The highest BCUT2D eigenvalue weighted by Crippen LogP contribution is 2.42. The number of halogens is 3. The third kappa shape index (κ3) is 5.98. The summed E-state index contributed by atoms with van der Waals surface area (Å²) in [6.45, 7) is -1.37. The molecule has 20 heteroatoms. The molecule has 0 amide bonds. The van der Waals surface area contributed by atoms with Crippen LogP contribution in [0.3, 0.4) is 0 Å². The van der Waals surface area contributed by atoms with Gasteiger partial charge >= 0.3 is 0 Å². The van der Waals surface area contributed by atoms with E-state index in [4.69, 9.17) is 9.47 Å². The first kappa shape index (κ1) is 32.3. The standard InChI is InChI=1S/C26H27F3N8O8S/c27-12-1-10(2-13(28)18(12)29)14-5-36(34-32-14)19-21(40)16(7-38)44-25(23(19)42)46-26-24(43)20(22(41)17(8-39)45-26)37-6-15(33-35-37)11-3-30-9-31-4-11/h1-6,9,16-17,19-26,38-43H,7-8H2/t16?,17-,19+,20?,21+,22?,23?,24-,25+,26+/m1/s1. The molecule has 46 heavy (non-hydrogen) atoms. The molecule has 6 N–H and O–H groups in total. The highest BCUT2D eigenvalue weighted by molar-refractivity contribution is 8.00. The number of aliphatic hydroxyl groups excluding tert-OH is 6. The van der Waals surface area contributed by atoms with Crippen LogP contribution in [0, 0.1) is 17.5 Å². The van der Waals surface area contributed by atoms with Crippen LogP contribution in [0.15, 0.2) is 43.2 Å². The zero-order valence-corrected chi connectivity index (χ0v) is 24.2. The van der Waals surface area contributed by atoms with Gasteiger partial charge < -0.3 is 40.1 Å². The number of nitrogens with zero attached hydrogens (tertiary/aromatic N) is 8. The van der Waals surface area contributed by atoms with Crippen LogP contribution in [0.1, 0.15) is 12.1 Å². The van der Waals surface area contributed by atoms with E-state index in [1.54, 1.807) is 0 Å². The van der Waals surface area contributed by atoms with Gasteiger partial charge in [-0.05, 0) is 12.1 Å². The fraction of sp³-hybridized carbons (Fsp3) is 0.462. The number of rotatable bonds is 8. The fourth-order valence-corrected chi connectivity index (χ4v) is 6.68. The molecule has 4 unspecified atom stereocenters. The van der Waals surface area contributed by atoms with Crippen LogP contribution in [0.2, 0.25) is 0 Å². The number of thioether (sulfide) groups is 1. The molecular formula is C26H27F3N8O8S. The summed E-state index contributed by atoms with van der Waals surface area (Å²) in [5, 5.41) is 80.3. The van der Waals surface area contributed by atoms with Crippen molar-refractivity contribution in [2.75, 3.05) is 13.2 Å². The van der Waals surface area contributed by atoms with Gasteiger partial charge in [0.2, 0.25) is 0 Å². The summed E-state index contributed by atoms with van der Waals surface area (Å²) < 4.78 is 54.8. The van der Waals surface area contributed by atoms with E-state index in [2.05, 4.69) is 30.6 Å². The van der Waals surface area contributed by atoms with Crippen molar-refractivity contribution in [1.82, 2.24) is 40.0 Å². The fourth-order valence-electron chi connectivity index (χ4n) is 5.36. The van der Waals surface area contributed by atoms with E-state index in [-0.39, 0.29) is 11.3 Å². The van der Waals surface area contributed by atoms with Gasteiger partial charge in [-0.25, -0.2) is 32.5 Å². The Morgan fingerprint density at radius 3 is 1.61 bits per heavy atom. The Bertz CT molecular complexity index is 1630. The quantitative estimate of drug-likeness (QED) is 0.121. The van der Waals surface area contributed by atoms with E-state index in [0.29, 0.717) is 23.4 Å². The topological polar surface area (TPSA) is 227 Å². The zero-order valence-electron chi connectivity index (χ0n) is 23.3. The van der Waals surface area contributed by atoms with Crippen LogP contribution in [-0.4, -0.2) is 131 Å². The molecule has 0 spiro atoms. The Balaban J connectivity index is 1.25. The van der Waals surface area contributed by atoms with Crippen LogP contribution in [0.25, 0.3) is 22.5 Å². The van der Waals surface area contributed by atoms with Crippen molar-refractivity contribution in [3.8, 4) is 22.5 Å². The van der Waals surface area contributed by atoms with Crippen molar-refractivity contribution < 1.29 is 53.3 Å². The summed E-state index contributed by atoms with van der Waals surface area (Å²) in [7, 11) is 0. The molecule has 10 atom stereocenters. The van der Waals surface area contributed by atoms with E-state index >= 15 is 0 Å². The molecule has 2 aliphatic heterocycles. The average Bonchev–Trinajstić information content (AvgIpc) is 3.74. The van der Waals surface area contributed by atoms with E-state index in [0.717, 1.165) is 22.6 Å². The molecular weight excluding hydrogens is 641 g/mol. The van der Waals surface area contributed by atoms with Crippen molar-refractivity contribution >= 4 is 11.8 Å². The van der Waals surface area contributed by atoms with Crippen molar-refractivity contribution in [1.29, 1.82) is 0 Å². The van der Waals surface area contributed by atoms with Gasteiger partial charge in [-0.1, -0.05) is 22.2 Å². The van der Waals surface area contributed by atoms with Crippen molar-refractivity contribution in [3.05, 3.63) is 60.7 Å². The van der Waals surface area contributed by atoms with Crippen molar-refractivity contribution in [2.45, 2.75) is 59.6 Å². The van der Waals surface area contributed by atoms with Crippen LogP contribution in [0.4, 0.5) is 13.2 Å². The molecule has 4 aromatic rings. The van der Waals surface area contributed by atoms with Crippen LogP contribution in [-0.2, 0) is 9.47 Å². The molecule has 246 valence electrons. The van der Waals surface area contributed by atoms with Gasteiger partial charge in [0.1, 0.15) is 77.3 Å². The molecule has 0 bridgehead atoms. The SMILES string of the molecule is OCC1O[C@@H](S[C@@H]2O[C@H](CO)C(O)C(n3cc(-c4cncnc4)nn3)[C@H]2O)C(O)[C@@H](n2cc(-c3cc(F)c(F)c(F)c3)nn2)[C@H]1O. The highest BCUT2D eigenvalue weighted by atomic mass is 32.2. The first-order chi connectivity index (χ1) is 22.1. The third-order valence-electron chi connectivity index (χ3n) is 7.73. The maximum absolute atomic E-state index is 13.8. The summed E-state index contributed by atoms with van der Waals surface area (Å²) in [5.41, 5.74) is -2.03. The first-order valence-electron chi connectivity index (χ1n) is 13.8. The maximum atomic E-state index is 13.8. The van der Waals surface area contributed by atoms with Crippen LogP contribution in [0.5, 0.6) is 0 Å². The Morgan fingerprint density at radius 2 is 1.15 bits per heavy atom. The Morgan fingerprint density at radius 1 is 0.696 bits per heavy atom. The van der Waals surface area contributed by atoms with Gasteiger partial charge in [-0.15, -0.1) is 10.2 Å². The first-order valence-corrected chi connectivity index (χ1v) is 14.7. The lowest BCUT2D eigenvalue weighted by atomic mass is 9.97. The molecule has 0 aliphatic carbocycles. The monoisotopic (exact) mass is 668 g/mol. The number of aliphatic hydroxyl groups is 6. The van der Waals surface area contributed by atoms with Gasteiger partial charge in [0.15, 0.2) is 17.5 Å². The molecule has 0 saturated carbocycles. The molecule has 2 aliphatic rings. The lowest BCUT2D eigenvalue weighted by Gasteiger charge is -2.46. The molecule has 16 nitrogen and oxygen atoms in total. The number of aromatic nitrogens is 8. The normalized spacial score (nSPS) is 31.7. The minimum absolute atomic E-state index is 0.114. The summed E-state index contributed by atoms with van der Waals surface area (Å²) in [6.07, 6.45) is -1.77. The van der Waals surface area contributed by atoms with Crippen LogP contribution >= 0.6 is 11.8 Å². The summed E-state index contributed by atoms with van der Waals surface area (Å²) in [5.74, 6) is -4.59. The van der Waals surface area contributed by atoms with Gasteiger partial charge in [0, 0.05) is 23.5 Å². The lowest BCUT2D eigenvalue weighted by Crippen LogP contribution is -2.58. The Hall–Kier alpha value is -3.60. The second-order valence-corrected chi connectivity index (χ2v) is 11.8. The van der Waals surface area contributed by atoms with E-state index in [1.807, 2.05) is 0 Å². The van der Waals surface area contributed by atoms with Crippen molar-refractivity contribution in [2.24, 2.45) is 0 Å². The summed E-state index contributed by atoms with van der Waals surface area (Å²) in [6, 6.07) is -1.13. The van der Waals surface area contributed by atoms with Gasteiger partial charge in [-0.3, -0.25) is 0 Å². The van der Waals surface area contributed by atoms with E-state index in [1.165, 1.54) is 29.6 Å². The number of hydrogen-bond donors (Lipinski definition) is 6. The second kappa shape index (κ2) is 13.3. The molecule has 3 aromatic heterocycles. The van der Waals surface area contributed by atoms with Crippen molar-refractivity contribution in [3.63, 3.8) is 0 Å². The molecule has 1 aromatic carbocycles. The largest absolute Gasteiger partial charge is 0.394 e. The predicted octanol–water partition coefficient (Wildman–Crippen LogP) is -1.20. The minimum Gasteiger partial charge on any atom is -0.394 e. The van der Waals surface area contributed by atoms with Gasteiger partial charge in [0.25, 0.3) is 0 Å². The lowest BCUT2D eigenvalue weighted by molar-refractivity contribution is -0.189. The molecule has 6 rings (SSSR count). The summed E-state index contributed by atoms with van der Waals surface area (Å²) >= 11 is 0.736. The highest BCUT2D eigenvalue weighted by Gasteiger charge is 2.51. The molecule has 2 fully saturated rings. The molecule has 5 heterocycles. The maximum Gasteiger partial charge on any atom is 0.194 e. The third-order valence-corrected chi connectivity index (χ3v) is 9.05. The number of ether oxygens (including phenoxy) is 2. The molecule has 0 radical (unpaired) electrons. The van der Waals surface area contributed by atoms with Gasteiger partial charge in [-0.2, -0.15) is 0 Å². The van der Waals surface area contributed by atoms with E-state index < -0.39 is 90.2 Å².